The van der Waals surface area contributed by atoms with Crippen molar-refractivity contribution in [3.05, 3.63) is 51.9 Å². The van der Waals surface area contributed by atoms with Gasteiger partial charge >= 0.3 is 0 Å². The van der Waals surface area contributed by atoms with Crippen LogP contribution < -0.4 is 19.8 Å². The molecule has 2 aromatic rings. The van der Waals surface area contributed by atoms with Gasteiger partial charge in [0.25, 0.3) is 5.56 Å². The van der Waals surface area contributed by atoms with Crippen LogP contribution in [0.4, 0.5) is 0 Å². The van der Waals surface area contributed by atoms with E-state index in [2.05, 4.69) is 46.8 Å². The number of fused-ring (bicyclic) bond motifs is 1. The summed E-state index contributed by atoms with van der Waals surface area (Å²) in [6.45, 7) is 12.3. The molecule has 0 aliphatic heterocycles. The van der Waals surface area contributed by atoms with Gasteiger partial charge in [0.1, 0.15) is 12.4 Å². The number of pyridine rings is 1. The van der Waals surface area contributed by atoms with Crippen LogP contribution in [-0.2, 0) is 6.54 Å². The minimum absolute atomic E-state index is 0.155. The predicted molar refractivity (Wildman–Crippen MR) is 138 cm³/mol. The lowest BCUT2D eigenvalue weighted by atomic mass is 10.1. The number of benzene rings is 1. The molecule has 5 heteroatoms. The number of rotatable bonds is 14. The summed E-state index contributed by atoms with van der Waals surface area (Å²) in [7, 11) is 1.53. The molecule has 33 heavy (non-hydrogen) atoms. The van der Waals surface area contributed by atoms with Crippen molar-refractivity contribution in [2.45, 2.75) is 79.7 Å². The molecule has 0 amide bonds. The lowest BCUT2D eigenvalue weighted by Gasteiger charge is -2.18. The number of aromatic nitrogens is 1. The van der Waals surface area contributed by atoms with Crippen molar-refractivity contribution in [2.75, 3.05) is 20.3 Å². The first kappa shape index (κ1) is 26.6. The molecule has 0 bridgehead atoms. The van der Waals surface area contributed by atoms with Gasteiger partial charge in [-0.15, -0.1) is 0 Å². The first-order valence-corrected chi connectivity index (χ1v) is 12.2. The Morgan fingerprint density at radius 2 is 1.76 bits per heavy atom. The molecule has 1 aromatic heterocycles. The third-order valence-corrected chi connectivity index (χ3v) is 5.61. The van der Waals surface area contributed by atoms with E-state index < -0.39 is 0 Å². The molecule has 5 nitrogen and oxygen atoms in total. The largest absolute Gasteiger partial charge is 0.489 e. The van der Waals surface area contributed by atoms with E-state index in [1.54, 1.807) is 4.57 Å². The smallest absolute Gasteiger partial charge is 0.297 e. The van der Waals surface area contributed by atoms with Gasteiger partial charge < -0.3 is 18.8 Å². The van der Waals surface area contributed by atoms with Crippen molar-refractivity contribution in [1.82, 2.24) is 4.57 Å². The molecule has 0 saturated carbocycles. The third kappa shape index (κ3) is 7.69. The topological polar surface area (TPSA) is 49.7 Å². The monoisotopic (exact) mass is 455 g/mol. The molecule has 0 saturated heterocycles. The second-order valence-corrected chi connectivity index (χ2v) is 8.74. The number of nitrogens with zero attached hydrogens (tertiary/aromatic N) is 1. The maximum Gasteiger partial charge on any atom is 0.297 e. The fourth-order valence-corrected chi connectivity index (χ4v) is 3.62. The predicted octanol–water partition coefficient (Wildman–Crippen LogP) is 7.06. The quantitative estimate of drug-likeness (QED) is 0.226. The van der Waals surface area contributed by atoms with Gasteiger partial charge in [-0.05, 0) is 64.7 Å². The maximum atomic E-state index is 13.2. The SMILES string of the molecule is CCCCOc1c(OC)c(=O)n(CCCC)c2cc(OC/C=C(\C)CCC=C(C)C)ccc12. The molecule has 0 fully saturated rings. The Morgan fingerprint density at radius 1 is 1.00 bits per heavy atom. The lowest BCUT2D eigenvalue weighted by molar-refractivity contribution is 0.288. The fraction of sp³-hybridized carbons (Fsp3) is 0.536. The fourth-order valence-electron chi connectivity index (χ4n) is 3.62. The standard InChI is InChI=1S/C28H41NO4/c1-7-9-17-29-25-20-23(32-19-16-22(5)13-11-12-21(3)4)14-15-24(25)26(33-18-10-8-2)27(31-6)28(29)30/h12,14-16,20H,7-11,13,17-19H2,1-6H3/b22-16+. The Labute approximate surface area is 199 Å². The zero-order chi connectivity index (χ0) is 24.2. The van der Waals surface area contributed by atoms with Crippen molar-refractivity contribution >= 4 is 10.9 Å². The summed E-state index contributed by atoms with van der Waals surface area (Å²) >= 11 is 0. The van der Waals surface area contributed by atoms with Gasteiger partial charge in [0.15, 0.2) is 5.75 Å². The second-order valence-electron chi connectivity index (χ2n) is 8.74. The van der Waals surface area contributed by atoms with Crippen LogP contribution in [0.2, 0.25) is 0 Å². The number of hydrogen-bond acceptors (Lipinski definition) is 4. The highest BCUT2D eigenvalue weighted by atomic mass is 16.5. The molecule has 1 heterocycles. The van der Waals surface area contributed by atoms with Crippen molar-refractivity contribution in [3.63, 3.8) is 0 Å². The Hall–Kier alpha value is -2.69. The molecule has 0 atom stereocenters. The van der Waals surface area contributed by atoms with E-state index in [1.165, 1.54) is 18.3 Å². The van der Waals surface area contributed by atoms with Crippen LogP contribution in [0.3, 0.4) is 0 Å². The summed E-state index contributed by atoms with van der Waals surface area (Å²) < 4.78 is 19.4. The Kier molecular flexibility index (Phi) is 11.1. The first-order valence-electron chi connectivity index (χ1n) is 12.2. The Morgan fingerprint density at radius 3 is 2.42 bits per heavy atom. The molecule has 182 valence electrons. The number of methoxy groups -OCH3 is 1. The van der Waals surface area contributed by atoms with E-state index >= 15 is 0 Å². The molecule has 0 aliphatic carbocycles. The van der Waals surface area contributed by atoms with Crippen LogP contribution in [0, 0.1) is 0 Å². The van der Waals surface area contributed by atoms with Gasteiger partial charge in [-0.3, -0.25) is 4.79 Å². The van der Waals surface area contributed by atoms with Crippen LogP contribution in [0.25, 0.3) is 10.9 Å². The highest BCUT2D eigenvalue weighted by Gasteiger charge is 2.19. The van der Waals surface area contributed by atoms with Crippen LogP contribution in [0.15, 0.2) is 46.3 Å². The van der Waals surface area contributed by atoms with Crippen molar-refractivity contribution in [2.24, 2.45) is 0 Å². The van der Waals surface area contributed by atoms with Crippen molar-refractivity contribution in [1.29, 1.82) is 0 Å². The van der Waals surface area contributed by atoms with E-state index in [-0.39, 0.29) is 11.3 Å². The van der Waals surface area contributed by atoms with Crippen molar-refractivity contribution in [3.8, 4) is 17.2 Å². The zero-order valence-corrected chi connectivity index (χ0v) is 21.3. The van der Waals surface area contributed by atoms with E-state index in [4.69, 9.17) is 14.2 Å². The van der Waals surface area contributed by atoms with Gasteiger partial charge in [0.2, 0.25) is 5.75 Å². The number of unbranched alkanes of at least 4 members (excludes halogenated alkanes) is 2. The highest BCUT2D eigenvalue weighted by Crippen LogP contribution is 2.35. The normalized spacial score (nSPS) is 11.5. The third-order valence-electron chi connectivity index (χ3n) is 5.61. The average Bonchev–Trinajstić information content (AvgIpc) is 2.78. The average molecular weight is 456 g/mol. The molecule has 0 unspecified atom stereocenters. The van der Waals surface area contributed by atoms with Gasteiger partial charge in [0, 0.05) is 18.0 Å². The van der Waals surface area contributed by atoms with Gasteiger partial charge in [0.05, 0.1) is 19.2 Å². The van der Waals surface area contributed by atoms with Crippen LogP contribution >= 0.6 is 0 Å². The minimum Gasteiger partial charge on any atom is -0.489 e. The number of aryl methyl sites for hydroxylation is 1. The number of hydrogen-bond donors (Lipinski definition) is 0. The van der Waals surface area contributed by atoms with Gasteiger partial charge in [-0.2, -0.15) is 0 Å². The molecule has 0 aliphatic rings. The number of ether oxygens (including phenoxy) is 3. The molecule has 2 rings (SSSR count). The number of allylic oxidation sites excluding steroid dienone is 3. The molecular formula is C28H41NO4. The molecule has 0 spiro atoms. The zero-order valence-electron chi connectivity index (χ0n) is 21.3. The first-order chi connectivity index (χ1) is 15.9. The van der Waals surface area contributed by atoms with E-state index in [9.17, 15) is 4.79 Å². The maximum absolute atomic E-state index is 13.2. The van der Waals surface area contributed by atoms with E-state index in [1.807, 2.05) is 18.2 Å². The van der Waals surface area contributed by atoms with Crippen LogP contribution in [0.1, 0.15) is 73.1 Å². The van der Waals surface area contributed by atoms with Crippen molar-refractivity contribution < 1.29 is 14.2 Å². The highest BCUT2D eigenvalue weighted by molar-refractivity contribution is 5.89. The summed E-state index contributed by atoms with van der Waals surface area (Å²) in [5.74, 6) is 1.55. The van der Waals surface area contributed by atoms with Crippen LogP contribution in [-0.4, -0.2) is 24.9 Å². The van der Waals surface area contributed by atoms with E-state index in [0.29, 0.717) is 25.5 Å². The summed E-state index contributed by atoms with van der Waals surface area (Å²) in [5, 5.41) is 0.874. The molecule has 0 N–H and O–H groups in total. The molecule has 0 radical (unpaired) electrons. The van der Waals surface area contributed by atoms with Gasteiger partial charge in [-0.1, -0.05) is 43.9 Å². The molecule has 1 aromatic carbocycles. The van der Waals surface area contributed by atoms with Crippen LogP contribution in [0.5, 0.6) is 17.2 Å². The molecular weight excluding hydrogens is 414 g/mol. The summed E-state index contributed by atoms with van der Waals surface area (Å²) in [6.07, 6.45) is 10.3. The Balaban J connectivity index is 2.35. The summed E-state index contributed by atoms with van der Waals surface area (Å²) in [6, 6.07) is 5.86. The Bertz CT molecular complexity index is 1010. The summed E-state index contributed by atoms with van der Waals surface area (Å²) in [5.41, 5.74) is 3.32. The van der Waals surface area contributed by atoms with Gasteiger partial charge in [-0.25, -0.2) is 0 Å². The van der Waals surface area contributed by atoms with E-state index in [0.717, 1.165) is 55.2 Å². The second kappa shape index (κ2) is 13.8. The summed E-state index contributed by atoms with van der Waals surface area (Å²) in [4.78, 5) is 13.2. The minimum atomic E-state index is -0.155. The lowest BCUT2D eigenvalue weighted by Crippen LogP contribution is -2.23.